The molecule has 0 saturated heterocycles. The molecule has 0 aromatic rings. The van der Waals surface area contributed by atoms with Crippen LogP contribution < -0.4 is 0 Å². The van der Waals surface area contributed by atoms with Crippen LogP contribution in [0.4, 0.5) is 0 Å². The molecule has 0 fully saturated rings. The Morgan fingerprint density at radius 3 is 1.24 bits per heavy atom. The number of unbranched alkanes of at least 4 members (excludes halogenated alkanes) is 20. The normalized spacial score (nSPS) is 13.6. The number of aliphatic carboxylic acids is 1. The molecule has 8 nitrogen and oxygen atoms in total. The quantitative estimate of drug-likeness (QED) is 0.0281. The molecular weight excluding hydrogens is 871 g/mol. The second-order valence-corrected chi connectivity index (χ2v) is 19.8. The molecule has 0 amide bonds. The molecular formula is C62H106NO7+. The Balaban J connectivity index is 4.31. The third-order valence-electron chi connectivity index (χ3n) is 12.2. The molecule has 1 N–H and O–H groups in total. The minimum absolute atomic E-state index is 0.0313. The number of carbonyl (C=O) groups is 3. The average molecular weight is 978 g/mol. The molecule has 0 aliphatic carbocycles. The van der Waals surface area contributed by atoms with E-state index in [-0.39, 0.29) is 42.7 Å². The Morgan fingerprint density at radius 2 is 0.814 bits per heavy atom. The van der Waals surface area contributed by atoms with Crippen molar-refractivity contribution in [2.45, 2.75) is 238 Å². The van der Waals surface area contributed by atoms with Crippen molar-refractivity contribution >= 4 is 17.9 Å². The van der Waals surface area contributed by atoms with E-state index in [4.69, 9.17) is 14.2 Å². The molecule has 0 aromatic carbocycles. The fourth-order valence-corrected chi connectivity index (χ4v) is 7.90. The lowest BCUT2D eigenvalue weighted by Crippen LogP contribution is -2.50. The summed E-state index contributed by atoms with van der Waals surface area (Å²) in [6, 6.07) is -0.632. The van der Waals surface area contributed by atoms with Crippen molar-refractivity contribution in [2.24, 2.45) is 0 Å². The average Bonchev–Trinajstić information content (AvgIpc) is 3.33. The summed E-state index contributed by atoms with van der Waals surface area (Å²) < 4.78 is 17.3. The van der Waals surface area contributed by atoms with Gasteiger partial charge in [-0.05, 0) is 89.9 Å². The number of rotatable bonds is 50. The van der Waals surface area contributed by atoms with Crippen LogP contribution in [0.15, 0.2) is 97.2 Å². The van der Waals surface area contributed by atoms with Gasteiger partial charge in [-0.15, -0.1) is 0 Å². The summed E-state index contributed by atoms with van der Waals surface area (Å²) in [4.78, 5) is 37.2. The van der Waals surface area contributed by atoms with Gasteiger partial charge < -0.3 is 23.8 Å². The lowest BCUT2D eigenvalue weighted by atomic mass is 10.0. The van der Waals surface area contributed by atoms with E-state index < -0.39 is 18.1 Å². The Kier molecular flexibility index (Phi) is 48.8. The molecule has 8 heteroatoms. The first kappa shape index (κ1) is 66.2. The highest BCUT2D eigenvalue weighted by molar-refractivity contribution is 5.72. The smallest absolute Gasteiger partial charge is 0.362 e. The van der Waals surface area contributed by atoms with Gasteiger partial charge in [-0.2, -0.15) is 0 Å². The van der Waals surface area contributed by atoms with Crippen LogP contribution in [0.2, 0.25) is 0 Å². The van der Waals surface area contributed by atoms with Gasteiger partial charge in [0.2, 0.25) is 0 Å². The molecule has 70 heavy (non-hydrogen) atoms. The van der Waals surface area contributed by atoms with Gasteiger partial charge in [0.05, 0.1) is 34.4 Å². The van der Waals surface area contributed by atoms with Gasteiger partial charge in [0.1, 0.15) is 6.61 Å². The SMILES string of the molecule is CC/C=C/C/C=C/C/C=C/C/C=C/C/C=C/C/C=C/C/C=C/CCCC(=O)OC(COCCC(C(=O)O)[N+](C)(C)C)COC(=O)CCCCCCCCC/C=C/CCCCCCCCCCCCCC. The molecule has 0 aliphatic rings. The molecule has 0 spiro atoms. The Morgan fingerprint density at radius 1 is 0.443 bits per heavy atom. The highest BCUT2D eigenvalue weighted by atomic mass is 16.6. The van der Waals surface area contributed by atoms with Crippen LogP contribution in [0.1, 0.15) is 226 Å². The van der Waals surface area contributed by atoms with Crippen molar-refractivity contribution < 1.29 is 38.2 Å². The van der Waals surface area contributed by atoms with Gasteiger partial charge in [0.25, 0.3) is 0 Å². The van der Waals surface area contributed by atoms with E-state index >= 15 is 0 Å². The second kappa shape index (κ2) is 51.6. The van der Waals surface area contributed by atoms with E-state index in [0.29, 0.717) is 19.3 Å². The summed E-state index contributed by atoms with van der Waals surface area (Å²) >= 11 is 0. The fraction of sp³-hybridized carbons (Fsp3) is 0.694. The predicted octanol–water partition coefficient (Wildman–Crippen LogP) is 17.0. The molecule has 400 valence electrons. The van der Waals surface area contributed by atoms with E-state index in [1.807, 2.05) is 21.1 Å². The summed E-state index contributed by atoms with van der Waals surface area (Å²) in [5.74, 6) is -1.55. The van der Waals surface area contributed by atoms with Crippen molar-refractivity contribution in [3.05, 3.63) is 97.2 Å². The zero-order chi connectivity index (χ0) is 51.3. The molecule has 0 heterocycles. The van der Waals surface area contributed by atoms with Gasteiger partial charge in [0.15, 0.2) is 12.1 Å². The third-order valence-corrected chi connectivity index (χ3v) is 12.2. The lowest BCUT2D eigenvalue weighted by Gasteiger charge is -2.31. The number of hydrogen-bond acceptors (Lipinski definition) is 6. The monoisotopic (exact) mass is 977 g/mol. The number of hydrogen-bond donors (Lipinski definition) is 1. The highest BCUT2D eigenvalue weighted by Crippen LogP contribution is 2.15. The lowest BCUT2D eigenvalue weighted by molar-refractivity contribution is -0.887. The van der Waals surface area contributed by atoms with Gasteiger partial charge in [-0.3, -0.25) is 9.59 Å². The van der Waals surface area contributed by atoms with Crippen molar-refractivity contribution in [1.82, 2.24) is 0 Å². The molecule has 0 bridgehead atoms. The first-order valence-electron chi connectivity index (χ1n) is 28.3. The number of carboxylic acid groups (broad SMARTS) is 1. The maximum atomic E-state index is 12.8. The van der Waals surface area contributed by atoms with E-state index in [1.54, 1.807) is 0 Å². The number of likely N-dealkylation sites (N-methyl/N-ethyl adjacent to an activating group) is 1. The first-order valence-corrected chi connectivity index (χ1v) is 28.3. The van der Waals surface area contributed by atoms with Crippen LogP contribution in [0, 0.1) is 0 Å². The van der Waals surface area contributed by atoms with E-state index in [9.17, 15) is 19.5 Å². The van der Waals surface area contributed by atoms with Crippen LogP contribution in [0.25, 0.3) is 0 Å². The number of quaternary nitrogens is 1. The van der Waals surface area contributed by atoms with Crippen molar-refractivity contribution in [3.8, 4) is 0 Å². The van der Waals surface area contributed by atoms with Crippen LogP contribution in [-0.2, 0) is 28.6 Å². The minimum atomic E-state index is -0.887. The fourth-order valence-electron chi connectivity index (χ4n) is 7.90. The van der Waals surface area contributed by atoms with E-state index in [0.717, 1.165) is 70.6 Å². The molecule has 0 saturated carbocycles. The highest BCUT2D eigenvalue weighted by Gasteiger charge is 2.31. The molecule has 0 aliphatic heterocycles. The number of allylic oxidation sites excluding steroid dienone is 16. The topological polar surface area (TPSA) is 99.1 Å². The van der Waals surface area contributed by atoms with Crippen LogP contribution in [0.3, 0.4) is 0 Å². The largest absolute Gasteiger partial charge is 0.477 e. The van der Waals surface area contributed by atoms with Gasteiger partial charge in [-0.25, -0.2) is 4.79 Å². The predicted molar refractivity (Wildman–Crippen MR) is 298 cm³/mol. The number of nitrogens with zero attached hydrogens (tertiary/aromatic N) is 1. The van der Waals surface area contributed by atoms with Crippen molar-refractivity contribution in [2.75, 3.05) is 41.0 Å². The number of carbonyl (C=O) groups excluding carboxylic acids is 2. The van der Waals surface area contributed by atoms with Gasteiger partial charge >= 0.3 is 17.9 Å². The third kappa shape index (κ3) is 49.2. The Labute approximate surface area is 430 Å². The van der Waals surface area contributed by atoms with E-state index in [1.165, 1.54) is 116 Å². The number of ether oxygens (including phenoxy) is 3. The zero-order valence-corrected chi connectivity index (χ0v) is 45.7. The summed E-state index contributed by atoms with van der Waals surface area (Å²) in [6.07, 6.45) is 70.5. The zero-order valence-electron chi connectivity index (χ0n) is 45.7. The van der Waals surface area contributed by atoms with Crippen LogP contribution in [0.5, 0.6) is 0 Å². The number of carboxylic acids is 1. The maximum Gasteiger partial charge on any atom is 0.362 e. The van der Waals surface area contributed by atoms with Gasteiger partial charge in [-0.1, -0.05) is 214 Å². The van der Waals surface area contributed by atoms with Crippen LogP contribution >= 0.6 is 0 Å². The first-order chi connectivity index (χ1) is 34.1. The summed E-state index contributed by atoms with van der Waals surface area (Å²) in [6.45, 7) is 4.57. The summed E-state index contributed by atoms with van der Waals surface area (Å²) in [7, 11) is 5.51. The van der Waals surface area contributed by atoms with Crippen molar-refractivity contribution in [3.63, 3.8) is 0 Å². The van der Waals surface area contributed by atoms with Crippen molar-refractivity contribution in [1.29, 1.82) is 0 Å². The Bertz CT molecular complexity index is 1460. The van der Waals surface area contributed by atoms with E-state index in [2.05, 4.69) is 111 Å². The standard InChI is InChI=1S/C62H105NO7/c1-6-8-10-12-14-16-18-20-22-24-26-28-30-32-34-36-38-40-42-44-46-48-50-52-60(64)69-57-58(56-68-55-54-59(62(66)67)63(3,4)5)70-61(65)53-51-49-47-45-43-41-39-37-35-33-31-29-27-25-23-21-19-17-15-13-11-9-7-2/h9,11,15,17,21,23,27,29,32-35,39,41,45,47,58-59H,6-8,10,12-14,16,18-20,22,24-26,28,30-31,36-38,40,42-44,46,48-57H2,1-5H3/p+1/b11-9+,17-15+,23-21+,29-27+,34-32+,35-33+,41-39+,47-45+. The summed E-state index contributed by atoms with van der Waals surface area (Å²) in [5.41, 5.74) is 0. The molecule has 0 aromatic heterocycles. The molecule has 0 rings (SSSR count). The minimum Gasteiger partial charge on any atom is -0.477 e. The summed E-state index contributed by atoms with van der Waals surface area (Å²) in [5, 5.41) is 9.67. The second-order valence-electron chi connectivity index (χ2n) is 19.8. The molecule has 2 unspecified atom stereocenters. The molecule has 2 atom stereocenters. The maximum absolute atomic E-state index is 12.8. The Hall–Kier alpha value is -3.75. The molecule has 0 radical (unpaired) electrons. The van der Waals surface area contributed by atoms with Gasteiger partial charge in [0, 0.05) is 19.3 Å². The van der Waals surface area contributed by atoms with Crippen LogP contribution in [-0.4, -0.2) is 80.6 Å². The number of esters is 2.